The highest BCUT2D eigenvalue weighted by molar-refractivity contribution is 14.1. The third-order valence-corrected chi connectivity index (χ3v) is 3.37. The highest BCUT2D eigenvalue weighted by atomic mass is 127. The minimum atomic E-state index is -0.638. The van der Waals surface area contributed by atoms with Crippen LogP contribution in [0, 0.1) is 5.92 Å². The number of carbonyl (C=O) groups is 2. The molecule has 0 aliphatic carbocycles. The average molecular weight is 432 g/mol. The molecule has 0 aliphatic rings. The molecule has 0 saturated heterocycles. The maximum atomic E-state index is 11.8. The van der Waals surface area contributed by atoms with Gasteiger partial charge >= 0.3 is 11.9 Å². The summed E-state index contributed by atoms with van der Waals surface area (Å²) in [5, 5.41) is 9.38. The first-order valence-electron chi connectivity index (χ1n) is 7.34. The van der Waals surface area contributed by atoms with Crippen LogP contribution in [-0.4, -0.2) is 21.2 Å². The number of ether oxygens (including phenoxy) is 2. The number of esters is 2. The Balaban J connectivity index is 3.13. The molecule has 0 heterocycles. The zero-order valence-corrected chi connectivity index (χ0v) is 15.6. The molecule has 0 aromatic heterocycles. The Morgan fingerprint density at radius 2 is 2.04 bits per heavy atom. The van der Waals surface area contributed by atoms with E-state index >= 15 is 0 Å². The first-order chi connectivity index (χ1) is 10.8. The molecule has 5 nitrogen and oxygen atoms in total. The van der Waals surface area contributed by atoms with Gasteiger partial charge in [0.1, 0.15) is 16.5 Å². The molecule has 1 rings (SSSR count). The zero-order valence-electron chi connectivity index (χ0n) is 13.4. The van der Waals surface area contributed by atoms with Crippen LogP contribution in [0.1, 0.15) is 38.3 Å². The van der Waals surface area contributed by atoms with E-state index in [0.29, 0.717) is 11.3 Å². The van der Waals surface area contributed by atoms with Gasteiger partial charge < -0.3 is 14.6 Å². The molecular formula is C17H21IO5. The molecule has 23 heavy (non-hydrogen) atoms. The van der Waals surface area contributed by atoms with Crippen molar-refractivity contribution in [2.45, 2.75) is 37.9 Å². The number of halogens is 1. The van der Waals surface area contributed by atoms with Gasteiger partial charge in [-0.1, -0.05) is 39.0 Å². The van der Waals surface area contributed by atoms with E-state index in [4.69, 9.17) is 9.47 Å². The molecule has 1 unspecified atom stereocenters. The van der Waals surface area contributed by atoms with E-state index in [1.165, 1.54) is 0 Å². The molecule has 0 spiro atoms. The Morgan fingerprint density at radius 1 is 1.35 bits per heavy atom. The van der Waals surface area contributed by atoms with Crippen molar-refractivity contribution in [3.05, 3.63) is 35.4 Å². The largest absolute Gasteiger partial charge is 0.461 e. The highest BCUT2D eigenvalue weighted by Crippen LogP contribution is 2.26. The monoisotopic (exact) mass is 432 g/mol. The number of benzene rings is 1. The van der Waals surface area contributed by atoms with Gasteiger partial charge in [0, 0.05) is 12.0 Å². The Kier molecular flexibility index (Phi) is 8.25. The van der Waals surface area contributed by atoms with Gasteiger partial charge in [-0.2, -0.15) is 0 Å². The van der Waals surface area contributed by atoms with E-state index in [2.05, 4.69) is 0 Å². The Hall–Kier alpha value is -1.41. The van der Waals surface area contributed by atoms with Crippen molar-refractivity contribution in [3.63, 3.8) is 0 Å². The van der Waals surface area contributed by atoms with Gasteiger partial charge in [0.25, 0.3) is 0 Å². The summed E-state index contributed by atoms with van der Waals surface area (Å²) in [6.45, 7) is 5.20. The summed E-state index contributed by atoms with van der Waals surface area (Å²) < 4.78 is 9.93. The maximum absolute atomic E-state index is 11.8. The van der Waals surface area contributed by atoms with Crippen LogP contribution in [-0.2, 0) is 20.9 Å². The predicted molar refractivity (Wildman–Crippen MR) is 96.1 cm³/mol. The van der Waals surface area contributed by atoms with Gasteiger partial charge in [0.15, 0.2) is 0 Å². The minimum absolute atomic E-state index is 0.00519. The van der Waals surface area contributed by atoms with Crippen LogP contribution >= 0.6 is 22.6 Å². The highest BCUT2D eigenvalue weighted by Gasteiger charge is 2.16. The van der Waals surface area contributed by atoms with Gasteiger partial charge in [-0.25, -0.2) is 0 Å². The van der Waals surface area contributed by atoms with Crippen LogP contribution in [0.4, 0.5) is 0 Å². The lowest BCUT2D eigenvalue weighted by Crippen LogP contribution is -2.16. The Morgan fingerprint density at radius 3 is 2.61 bits per heavy atom. The molecular weight excluding hydrogens is 411 g/mol. The van der Waals surface area contributed by atoms with E-state index in [-0.39, 0.29) is 30.9 Å². The third-order valence-electron chi connectivity index (χ3n) is 2.95. The Labute approximate surface area is 149 Å². The van der Waals surface area contributed by atoms with Crippen LogP contribution < -0.4 is 4.74 Å². The van der Waals surface area contributed by atoms with E-state index < -0.39 is 4.11 Å². The summed E-state index contributed by atoms with van der Waals surface area (Å²) in [5.41, 5.74) is 1.32. The molecule has 0 fully saturated rings. The summed E-state index contributed by atoms with van der Waals surface area (Å²) >= 11 is 1.85. The van der Waals surface area contributed by atoms with E-state index in [1.807, 2.05) is 22.6 Å². The van der Waals surface area contributed by atoms with Gasteiger partial charge in [0.05, 0.1) is 5.92 Å². The smallest absolute Gasteiger partial charge is 0.313 e. The number of alkyl halides is 1. The number of aliphatic hydroxyl groups is 1. The lowest BCUT2D eigenvalue weighted by molar-refractivity contribution is -0.144. The van der Waals surface area contributed by atoms with Crippen molar-refractivity contribution in [1.29, 1.82) is 0 Å². The molecule has 1 aromatic rings. The molecule has 1 atom stereocenters. The van der Waals surface area contributed by atoms with Crippen molar-refractivity contribution in [2.75, 3.05) is 0 Å². The number of carbonyl (C=O) groups excluding carboxylic acids is 2. The molecule has 0 bridgehead atoms. The van der Waals surface area contributed by atoms with E-state index in [1.54, 1.807) is 51.1 Å². The molecule has 0 saturated carbocycles. The van der Waals surface area contributed by atoms with Crippen molar-refractivity contribution in [3.8, 4) is 5.75 Å². The van der Waals surface area contributed by atoms with Crippen LogP contribution in [0.15, 0.2) is 24.3 Å². The van der Waals surface area contributed by atoms with Crippen LogP contribution in [0.3, 0.4) is 0 Å². The SMILES string of the molecule is CCC(=O)OCc1c(/C=C/C(O)I)cccc1OC(=O)C(C)C. The van der Waals surface area contributed by atoms with Gasteiger partial charge in [-0.3, -0.25) is 9.59 Å². The number of aliphatic hydroxyl groups excluding tert-OH is 1. The van der Waals surface area contributed by atoms with Crippen molar-refractivity contribution in [1.82, 2.24) is 0 Å². The second kappa shape index (κ2) is 9.67. The normalized spacial score (nSPS) is 12.4. The fourth-order valence-corrected chi connectivity index (χ4v) is 1.86. The summed E-state index contributed by atoms with van der Waals surface area (Å²) in [6, 6.07) is 5.21. The maximum Gasteiger partial charge on any atom is 0.313 e. The first kappa shape index (κ1) is 19.6. The Bertz CT molecular complexity index is 578. The lowest BCUT2D eigenvalue weighted by atomic mass is 10.1. The second-order valence-electron chi connectivity index (χ2n) is 5.15. The molecule has 0 amide bonds. The van der Waals surface area contributed by atoms with Crippen LogP contribution in [0.5, 0.6) is 5.75 Å². The molecule has 6 heteroatoms. The summed E-state index contributed by atoms with van der Waals surface area (Å²) in [5.74, 6) is -0.601. The van der Waals surface area contributed by atoms with Gasteiger partial charge in [-0.15, -0.1) is 0 Å². The topological polar surface area (TPSA) is 72.8 Å². The average Bonchev–Trinajstić information content (AvgIpc) is 2.51. The zero-order chi connectivity index (χ0) is 17.4. The standard InChI is InChI=1S/C17H21IO5/c1-4-16(20)22-10-13-12(8-9-15(18)19)6-5-7-14(13)23-17(21)11(2)3/h5-9,11,15,19H,4,10H2,1-3H3/b9-8+. The fraction of sp³-hybridized carbons (Fsp3) is 0.412. The summed E-state index contributed by atoms with van der Waals surface area (Å²) in [7, 11) is 0. The van der Waals surface area contributed by atoms with Crippen molar-refractivity contribution < 1.29 is 24.2 Å². The molecule has 0 radical (unpaired) electrons. The predicted octanol–water partition coefficient (Wildman–Crippen LogP) is 3.47. The van der Waals surface area contributed by atoms with Gasteiger partial charge in [-0.05, 0) is 40.3 Å². The van der Waals surface area contributed by atoms with E-state index in [0.717, 1.165) is 5.56 Å². The number of hydrogen-bond acceptors (Lipinski definition) is 5. The fourth-order valence-electron chi connectivity index (χ4n) is 1.65. The number of hydrogen-bond donors (Lipinski definition) is 1. The summed E-state index contributed by atoms with van der Waals surface area (Å²) in [6.07, 6.45) is 3.57. The van der Waals surface area contributed by atoms with Crippen LogP contribution in [0.25, 0.3) is 6.08 Å². The van der Waals surface area contributed by atoms with Crippen LogP contribution in [0.2, 0.25) is 0 Å². The molecule has 126 valence electrons. The summed E-state index contributed by atoms with van der Waals surface area (Å²) in [4.78, 5) is 23.3. The molecule has 1 N–H and O–H groups in total. The second-order valence-corrected chi connectivity index (χ2v) is 6.42. The van der Waals surface area contributed by atoms with Crippen molar-refractivity contribution in [2.24, 2.45) is 5.92 Å². The van der Waals surface area contributed by atoms with E-state index in [9.17, 15) is 14.7 Å². The molecule has 1 aromatic carbocycles. The first-order valence-corrected chi connectivity index (χ1v) is 8.59. The lowest BCUT2D eigenvalue weighted by Gasteiger charge is -2.14. The molecule has 0 aliphatic heterocycles. The van der Waals surface area contributed by atoms with Gasteiger partial charge in [0.2, 0.25) is 0 Å². The quantitative estimate of drug-likeness (QED) is 0.309. The minimum Gasteiger partial charge on any atom is -0.461 e. The third kappa shape index (κ3) is 6.70. The number of rotatable bonds is 7. The van der Waals surface area contributed by atoms with Crippen molar-refractivity contribution >= 4 is 40.6 Å².